The van der Waals surface area contributed by atoms with Gasteiger partial charge in [0.15, 0.2) is 22.1 Å². The Labute approximate surface area is 250 Å². The molecule has 0 amide bonds. The van der Waals surface area contributed by atoms with Gasteiger partial charge in [-0.05, 0) is 31.4 Å². The number of carbonyl (C=O) groups excluding carboxylic acids is 2. The first kappa shape index (κ1) is 28.3. The van der Waals surface area contributed by atoms with Crippen LogP contribution < -0.4 is 14.8 Å². The molecule has 0 saturated heterocycles. The van der Waals surface area contributed by atoms with Gasteiger partial charge in [-0.1, -0.05) is 30.3 Å². The highest BCUT2D eigenvalue weighted by molar-refractivity contribution is 7.48. The fourth-order valence-corrected chi connectivity index (χ4v) is 8.01. The molecule has 0 fully saturated rings. The zero-order chi connectivity index (χ0) is 29.9. The molecule has 1 aliphatic rings. The zero-order valence-electron chi connectivity index (χ0n) is 24.1. The zero-order valence-corrected chi connectivity index (χ0v) is 24.9. The van der Waals surface area contributed by atoms with Crippen molar-refractivity contribution in [2.24, 2.45) is 0 Å². The normalized spacial score (nSPS) is 14.6. The lowest BCUT2D eigenvalue weighted by Gasteiger charge is -2.21. The number of fused-ring (bicyclic) bond motifs is 3. The van der Waals surface area contributed by atoms with Crippen molar-refractivity contribution in [2.45, 2.75) is 39.1 Å². The van der Waals surface area contributed by atoms with E-state index in [9.17, 15) is 9.59 Å². The summed E-state index contributed by atoms with van der Waals surface area (Å²) in [5, 5.41) is 13.2. The Morgan fingerprint density at radius 3 is 2.51 bits per heavy atom. The monoisotopic (exact) mass is 602 g/mol. The van der Waals surface area contributed by atoms with Crippen LogP contribution in [-0.4, -0.2) is 58.1 Å². The predicted molar refractivity (Wildman–Crippen MR) is 162 cm³/mol. The highest BCUT2D eigenvalue weighted by Crippen LogP contribution is 2.55. The Kier molecular flexibility index (Phi) is 8.01. The van der Waals surface area contributed by atoms with Crippen molar-refractivity contribution in [3.63, 3.8) is 0 Å². The summed E-state index contributed by atoms with van der Waals surface area (Å²) in [5.74, 6) is 0.428. The smallest absolute Gasteiger partial charge is 0.360 e. The molecule has 222 valence electrons. The Morgan fingerprint density at radius 1 is 1.02 bits per heavy atom. The first-order chi connectivity index (χ1) is 21.0. The van der Waals surface area contributed by atoms with Crippen molar-refractivity contribution in [1.82, 2.24) is 19.3 Å². The second-order valence-electron chi connectivity index (χ2n) is 9.99. The van der Waals surface area contributed by atoms with E-state index in [1.807, 2.05) is 59.3 Å². The number of esters is 2. The van der Waals surface area contributed by atoms with Gasteiger partial charge in [-0.3, -0.25) is 0 Å². The fourth-order valence-electron chi connectivity index (χ4n) is 5.40. The lowest BCUT2D eigenvalue weighted by atomic mass is 10.0. The summed E-state index contributed by atoms with van der Waals surface area (Å²) < 4.78 is 26.9. The van der Waals surface area contributed by atoms with Gasteiger partial charge in [-0.2, -0.15) is 0 Å². The molecule has 0 bridgehead atoms. The Bertz CT molecular complexity index is 1760. The molecular formula is C31H32N5O6S+. The lowest BCUT2D eigenvalue weighted by molar-refractivity contribution is -0.146. The third-order valence-corrected chi connectivity index (χ3v) is 9.70. The maximum Gasteiger partial charge on any atom is 0.360 e. The highest BCUT2D eigenvalue weighted by Gasteiger charge is 2.41. The minimum absolute atomic E-state index is 0.201. The second kappa shape index (κ2) is 12.2. The number of hydrogen-bond donors (Lipinski definition) is 1. The maximum absolute atomic E-state index is 13.6. The molecule has 3 aromatic heterocycles. The van der Waals surface area contributed by atoms with Crippen LogP contribution in [0.5, 0.6) is 11.5 Å². The van der Waals surface area contributed by atoms with Crippen LogP contribution in [0.15, 0.2) is 67.4 Å². The van der Waals surface area contributed by atoms with Gasteiger partial charge in [0.2, 0.25) is 4.70 Å². The van der Waals surface area contributed by atoms with Gasteiger partial charge in [-0.25, -0.2) is 9.59 Å². The fraction of sp³-hybridized carbons (Fsp3) is 0.290. The standard InChI is InChI=1S/C31H32N5O6S/c1-4-41-31(38)27-28-23(15-36(27)19-35-17-32-33-18-35)22-11-12-24(30(37)42-16-20-8-6-5-7-9-20)34-29(22)43(28)21-10-13-25(39-2)26(14-21)40-3/h5-10,13-15,17-18,24,34H,4,11-12,16,19H2,1-3H3/q+1. The highest BCUT2D eigenvalue weighted by atomic mass is 32.2. The first-order valence-electron chi connectivity index (χ1n) is 13.9. The number of carbonyl (C=O) groups is 2. The average Bonchev–Trinajstić information content (AvgIpc) is 3.75. The molecule has 2 unspecified atom stereocenters. The van der Waals surface area contributed by atoms with E-state index in [1.165, 1.54) is 0 Å². The number of rotatable bonds is 10. The summed E-state index contributed by atoms with van der Waals surface area (Å²) in [6.45, 7) is 2.56. The number of aryl methyl sites for hydroxylation is 1. The van der Waals surface area contributed by atoms with Crippen molar-refractivity contribution in [1.29, 1.82) is 0 Å². The summed E-state index contributed by atoms with van der Waals surface area (Å²) in [6, 6.07) is 14.8. The third kappa shape index (κ3) is 5.41. The Hall–Kier alpha value is -4.84. The molecule has 6 rings (SSSR count). The molecule has 0 saturated carbocycles. The SMILES string of the molecule is CCOC(=O)c1c2c(cn1Cn1cnnc1)c1c([s+]2-c2ccc(OC)c(OC)c2)NC(C(=O)OCc2ccccc2)CC1. The van der Waals surface area contributed by atoms with Crippen molar-refractivity contribution in [2.75, 3.05) is 26.1 Å². The van der Waals surface area contributed by atoms with E-state index in [2.05, 4.69) is 15.5 Å². The van der Waals surface area contributed by atoms with Gasteiger partial charge in [0, 0.05) is 23.9 Å². The van der Waals surface area contributed by atoms with Gasteiger partial charge >= 0.3 is 11.9 Å². The summed E-state index contributed by atoms with van der Waals surface area (Å²) >= 11 is 0. The minimum atomic E-state index is -0.782. The topological polar surface area (TPSA) is 119 Å². The van der Waals surface area contributed by atoms with E-state index in [4.69, 9.17) is 18.9 Å². The van der Waals surface area contributed by atoms with Crippen LogP contribution >= 0.6 is 10.5 Å². The average molecular weight is 603 g/mol. The summed E-state index contributed by atoms with van der Waals surface area (Å²) in [7, 11) is 2.40. The van der Waals surface area contributed by atoms with Gasteiger partial charge < -0.3 is 33.4 Å². The van der Waals surface area contributed by atoms with E-state index in [1.54, 1.807) is 38.4 Å². The van der Waals surface area contributed by atoms with Crippen LogP contribution in [0.25, 0.3) is 15.0 Å². The lowest BCUT2D eigenvalue weighted by Crippen LogP contribution is -2.34. The van der Waals surface area contributed by atoms with Crippen molar-refractivity contribution in [3.8, 4) is 16.4 Å². The minimum Gasteiger partial charge on any atom is -0.493 e. The molecule has 4 heterocycles. The van der Waals surface area contributed by atoms with Crippen molar-refractivity contribution < 1.29 is 28.5 Å². The quantitative estimate of drug-likeness (QED) is 0.171. The summed E-state index contributed by atoms with van der Waals surface area (Å²) in [4.78, 5) is 27.7. The number of benzene rings is 2. The van der Waals surface area contributed by atoms with E-state index in [-0.39, 0.29) is 19.2 Å². The number of anilines is 1. The molecule has 0 spiro atoms. The molecule has 1 aliphatic heterocycles. The van der Waals surface area contributed by atoms with Crippen LogP contribution in [0.3, 0.4) is 0 Å². The van der Waals surface area contributed by atoms with Crippen LogP contribution in [-0.2, 0) is 34.0 Å². The molecule has 43 heavy (non-hydrogen) atoms. The second-order valence-corrected chi connectivity index (χ2v) is 11.9. The largest absolute Gasteiger partial charge is 0.493 e. The third-order valence-electron chi connectivity index (χ3n) is 7.38. The number of nitrogens with zero attached hydrogens (tertiary/aromatic N) is 4. The van der Waals surface area contributed by atoms with E-state index in [0.717, 1.165) is 31.1 Å². The van der Waals surface area contributed by atoms with E-state index >= 15 is 0 Å². The Balaban J connectivity index is 1.48. The van der Waals surface area contributed by atoms with Gasteiger partial charge in [-0.15, -0.1) is 10.2 Å². The molecule has 5 aromatic rings. The number of aromatic nitrogens is 4. The molecule has 1 N–H and O–H groups in total. The summed E-state index contributed by atoms with van der Waals surface area (Å²) in [6.07, 6.45) is 6.39. The number of ether oxygens (including phenoxy) is 4. The summed E-state index contributed by atoms with van der Waals surface area (Å²) in [5.41, 5.74) is 2.44. The molecule has 11 nitrogen and oxygen atoms in total. The van der Waals surface area contributed by atoms with Gasteiger partial charge in [0.1, 0.15) is 32.0 Å². The first-order valence-corrected chi connectivity index (χ1v) is 15.1. The number of methoxy groups -OCH3 is 2. The van der Waals surface area contributed by atoms with Crippen molar-refractivity contribution in [3.05, 3.63) is 84.2 Å². The van der Waals surface area contributed by atoms with Crippen LogP contribution in [0.4, 0.5) is 5.00 Å². The number of hydrogen-bond acceptors (Lipinski definition) is 9. The number of nitrogens with one attached hydrogen (secondary N) is 1. The van der Waals surface area contributed by atoms with Crippen LogP contribution in [0, 0.1) is 0 Å². The molecule has 2 atom stereocenters. The molecule has 2 aromatic carbocycles. The molecular weight excluding hydrogens is 570 g/mol. The van der Waals surface area contributed by atoms with E-state index < -0.39 is 22.5 Å². The Morgan fingerprint density at radius 2 is 1.79 bits per heavy atom. The molecule has 0 aliphatic carbocycles. The van der Waals surface area contributed by atoms with Crippen LogP contribution in [0.1, 0.15) is 35.0 Å². The van der Waals surface area contributed by atoms with Gasteiger partial charge in [0.05, 0.1) is 36.7 Å². The van der Waals surface area contributed by atoms with Gasteiger partial charge in [0.25, 0.3) is 5.00 Å². The van der Waals surface area contributed by atoms with Crippen molar-refractivity contribution >= 4 is 37.5 Å². The molecule has 12 heteroatoms. The predicted octanol–water partition coefficient (Wildman–Crippen LogP) is 5.14. The van der Waals surface area contributed by atoms with Crippen LogP contribution in [0.2, 0.25) is 0 Å². The van der Waals surface area contributed by atoms with E-state index in [0.29, 0.717) is 36.7 Å². The number of thiophene rings is 1. The maximum atomic E-state index is 13.6. The molecule has 0 radical (unpaired) electrons.